The highest BCUT2D eigenvalue weighted by molar-refractivity contribution is 7.90. The van der Waals surface area contributed by atoms with Crippen molar-refractivity contribution in [3.63, 3.8) is 0 Å². The first-order valence-corrected chi connectivity index (χ1v) is 13.7. The zero-order chi connectivity index (χ0) is 28.1. The van der Waals surface area contributed by atoms with E-state index in [1.54, 1.807) is 25.1 Å². The lowest BCUT2D eigenvalue weighted by atomic mass is 10.1. The molecule has 0 heterocycles. The standard InChI is InChI=1S/C25H33Cl2FN4O4S/c1-7-22(24(34)29-25(2,3)4)31(15-17-8-13-20(26)21(27)14-17)23(33)16-32(37(35,36)30(5)6)19-11-9-18(28)10-12-19/h8-14,22H,7,15-16H2,1-6H3,(H,29,34). The lowest BCUT2D eigenvalue weighted by molar-refractivity contribution is -0.141. The molecule has 1 atom stereocenters. The summed E-state index contributed by atoms with van der Waals surface area (Å²) in [6.07, 6.45) is 0.270. The number of benzene rings is 2. The highest BCUT2D eigenvalue weighted by Gasteiger charge is 2.34. The molecular weight excluding hydrogens is 542 g/mol. The van der Waals surface area contributed by atoms with Gasteiger partial charge >= 0.3 is 10.2 Å². The van der Waals surface area contributed by atoms with Gasteiger partial charge in [0.1, 0.15) is 18.4 Å². The molecule has 0 aliphatic rings. The lowest BCUT2D eigenvalue weighted by Crippen LogP contribution is -2.55. The van der Waals surface area contributed by atoms with Crippen LogP contribution in [0.5, 0.6) is 0 Å². The Balaban J connectivity index is 2.54. The molecule has 1 N–H and O–H groups in total. The summed E-state index contributed by atoms with van der Waals surface area (Å²) >= 11 is 12.2. The number of carbonyl (C=O) groups excluding carboxylic acids is 2. The van der Waals surface area contributed by atoms with Crippen LogP contribution < -0.4 is 9.62 Å². The smallest absolute Gasteiger partial charge is 0.304 e. The van der Waals surface area contributed by atoms with Crippen molar-refractivity contribution < 1.29 is 22.4 Å². The van der Waals surface area contributed by atoms with Crippen LogP contribution in [-0.2, 0) is 26.3 Å². The van der Waals surface area contributed by atoms with Crippen molar-refractivity contribution >= 4 is 50.9 Å². The highest BCUT2D eigenvalue weighted by atomic mass is 35.5. The summed E-state index contributed by atoms with van der Waals surface area (Å²) < 4.78 is 41.7. The minimum Gasteiger partial charge on any atom is -0.350 e. The summed E-state index contributed by atoms with van der Waals surface area (Å²) in [5, 5.41) is 3.50. The molecule has 0 aliphatic heterocycles. The Morgan fingerprint density at radius 3 is 2.11 bits per heavy atom. The molecule has 0 spiro atoms. The van der Waals surface area contributed by atoms with E-state index in [9.17, 15) is 22.4 Å². The fraction of sp³-hybridized carbons (Fsp3) is 0.440. The average Bonchev–Trinajstić information content (AvgIpc) is 2.78. The molecule has 0 saturated carbocycles. The molecule has 2 aromatic carbocycles. The number of halogens is 3. The Labute approximate surface area is 228 Å². The van der Waals surface area contributed by atoms with E-state index in [1.807, 2.05) is 20.8 Å². The minimum absolute atomic E-state index is 0.0228. The molecular formula is C25H33Cl2FN4O4S. The fourth-order valence-electron chi connectivity index (χ4n) is 3.53. The zero-order valence-corrected chi connectivity index (χ0v) is 24.1. The van der Waals surface area contributed by atoms with E-state index in [1.165, 1.54) is 31.1 Å². The fourth-order valence-corrected chi connectivity index (χ4v) is 4.91. The van der Waals surface area contributed by atoms with Crippen LogP contribution in [-0.4, -0.2) is 61.7 Å². The Morgan fingerprint density at radius 2 is 1.62 bits per heavy atom. The van der Waals surface area contributed by atoms with E-state index in [2.05, 4.69) is 5.32 Å². The molecule has 0 fully saturated rings. The number of hydrogen-bond acceptors (Lipinski definition) is 4. The number of carbonyl (C=O) groups is 2. The van der Waals surface area contributed by atoms with Gasteiger partial charge in [0.15, 0.2) is 0 Å². The first-order chi connectivity index (χ1) is 17.1. The summed E-state index contributed by atoms with van der Waals surface area (Å²) in [5.74, 6) is -1.56. The Morgan fingerprint density at radius 1 is 1.03 bits per heavy atom. The normalized spacial score (nSPS) is 12.8. The maximum atomic E-state index is 13.8. The van der Waals surface area contributed by atoms with Crippen LogP contribution in [0.2, 0.25) is 10.0 Å². The number of nitrogens with one attached hydrogen (secondary N) is 1. The second kappa shape index (κ2) is 12.4. The van der Waals surface area contributed by atoms with E-state index in [4.69, 9.17) is 23.2 Å². The van der Waals surface area contributed by atoms with E-state index >= 15 is 0 Å². The monoisotopic (exact) mass is 574 g/mol. The Kier molecular flexibility index (Phi) is 10.4. The third-order valence-corrected chi connectivity index (χ3v) is 7.91. The molecule has 0 aromatic heterocycles. The second-order valence-electron chi connectivity index (χ2n) is 9.71. The summed E-state index contributed by atoms with van der Waals surface area (Å²) in [4.78, 5) is 28.3. The van der Waals surface area contributed by atoms with Gasteiger partial charge in [0, 0.05) is 26.2 Å². The molecule has 204 valence electrons. The van der Waals surface area contributed by atoms with Gasteiger partial charge in [0.2, 0.25) is 11.8 Å². The van der Waals surface area contributed by atoms with Crippen molar-refractivity contribution in [2.45, 2.75) is 52.2 Å². The predicted molar refractivity (Wildman–Crippen MR) is 145 cm³/mol. The van der Waals surface area contributed by atoms with Crippen molar-refractivity contribution in [1.82, 2.24) is 14.5 Å². The number of nitrogens with zero attached hydrogens (tertiary/aromatic N) is 3. The number of hydrogen-bond donors (Lipinski definition) is 1. The largest absolute Gasteiger partial charge is 0.350 e. The van der Waals surface area contributed by atoms with Gasteiger partial charge in [0.05, 0.1) is 15.7 Å². The molecule has 0 bridgehead atoms. The van der Waals surface area contributed by atoms with Crippen LogP contribution in [0.25, 0.3) is 0 Å². The second-order valence-corrected chi connectivity index (χ2v) is 12.6. The SMILES string of the molecule is CCC(C(=O)NC(C)(C)C)N(Cc1ccc(Cl)c(Cl)c1)C(=O)CN(c1ccc(F)cc1)S(=O)(=O)N(C)C. The van der Waals surface area contributed by atoms with E-state index in [-0.39, 0.29) is 29.6 Å². The Hall–Kier alpha value is -2.40. The quantitative estimate of drug-likeness (QED) is 0.453. The van der Waals surface area contributed by atoms with Gasteiger partial charge in [-0.05, 0) is 69.2 Å². The van der Waals surface area contributed by atoms with Gasteiger partial charge in [-0.3, -0.25) is 9.59 Å². The molecule has 1 unspecified atom stereocenters. The van der Waals surface area contributed by atoms with Crippen molar-refractivity contribution in [3.05, 3.63) is 63.9 Å². The third-order valence-electron chi connectivity index (χ3n) is 5.35. The van der Waals surface area contributed by atoms with Gasteiger partial charge in [0.25, 0.3) is 0 Å². The van der Waals surface area contributed by atoms with Crippen molar-refractivity contribution in [2.24, 2.45) is 0 Å². The summed E-state index contributed by atoms with van der Waals surface area (Å²) in [7, 11) is -1.48. The van der Waals surface area contributed by atoms with Crippen LogP contribution in [0.3, 0.4) is 0 Å². The number of rotatable bonds is 10. The average molecular weight is 576 g/mol. The molecule has 2 aromatic rings. The van der Waals surface area contributed by atoms with Gasteiger partial charge < -0.3 is 10.2 Å². The molecule has 2 amide bonds. The molecule has 8 nitrogen and oxygen atoms in total. The van der Waals surface area contributed by atoms with E-state index in [0.717, 1.165) is 20.7 Å². The van der Waals surface area contributed by atoms with Crippen molar-refractivity contribution in [3.8, 4) is 0 Å². The molecule has 0 saturated heterocycles. The highest BCUT2D eigenvalue weighted by Crippen LogP contribution is 2.25. The maximum Gasteiger partial charge on any atom is 0.304 e. The molecule has 2 rings (SSSR count). The minimum atomic E-state index is -4.14. The number of amides is 2. The van der Waals surface area contributed by atoms with Gasteiger partial charge in [-0.1, -0.05) is 36.2 Å². The molecule has 12 heteroatoms. The van der Waals surface area contributed by atoms with Crippen molar-refractivity contribution in [1.29, 1.82) is 0 Å². The summed E-state index contributed by atoms with van der Waals surface area (Å²) in [6, 6.07) is 8.71. The number of anilines is 1. The lowest BCUT2D eigenvalue weighted by Gasteiger charge is -2.35. The van der Waals surface area contributed by atoms with Crippen LogP contribution >= 0.6 is 23.2 Å². The van der Waals surface area contributed by atoms with Gasteiger partial charge in [-0.2, -0.15) is 12.7 Å². The van der Waals surface area contributed by atoms with Crippen LogP contribution in [0.15, 0.2) is 42.5 Å². The van der Waals surface area contributed by atoms with Crippen LogP contribution in [0, 0.1) is 5.82 Å². The van der Waals surface area contributed by atoms with E-state index in [0.29, 0.717) is 10.6 Å². The van der Waals surface area contributed by atoms with Crippen LogP contribution in [0.1, 0.15) is 39.7 Å². The van der Waals surface area contributed by atoms with Gasteiger partial charge in [-0.15, -0.1) is 0 Å². The maximum absolute atomic E-state index is 13.8. The topological polar surface area (TPSA) is 90.0 Å². The third kappa shape index (κ3) is 8.29. The molecule has 37 heavy (non-hydrogen) atoms. The van der Waals surface area contributed by atoms with E-state index < -0.39 is 40.1 Å². The first kappa shape index (κ1) is 30.8. The van der Waals surface area contributed by atoms with Crippen molar-refractivity contribution in [2.75, 3.05) is 24.9 Å². The zero-order valence-electron chi connectivity index (χ0n) is 21.8. The van der Waals surface area contributed by atoms with Gasteiger partial charge in [-0.25, -0.2) is 8.70 Å². The summed E-state index contributed by atoms with van der Waals surface area (Å²) in [6.45, 7) is 6.59. The Bertz CT molecular complexity index is 1220. The summed E-state index contributed by atoms with van der Waals surface area (Å²) in [5.41, 5.74) is 0.149. The molecule has 0 radical (unpaired) electrons. The first-order valence-electron chi connectivity index (χ1n) is 11.6. The molecule has 0 aliphatic carbocycles. The predicted octanol–water partition coefficient (Wildman–Crippen LogP) is 4.47. The van der Waals surface area contributed by atoms with Crippen LogP contribution in [0.4, 0.5) is 10.1 Å².